The highest BCUT2D eigenvalue weighted by atomic mass is 19.1. The van der Waals surface area contributed by atoms with Crippen molar-refractivity contribution in [2.45, 2.75) is 32.2 Å². The zero-order valence-corrected chi connectivity index (χ0v) is 21.3. The Hall–Kier alpha value is -4.27. The summed E-state index contributed by atoms with van der Waals surface area (Å²) in [5.74, 6) is -0.160. The first-order valence-corrected chi connectivity index (χ1v) is 12.5. The highest BCUT2D eigenvalue weighted by Gasteiger charge is 2.18. The second-order valence-corrected chi connectivity index (χ2v) is 9.13. The van der Waals surface area contributed by atoms with Gasteiger partial charge in [0.05, 0.1) is 0 Å². The molecule has 4 rings (SSSR count). The second kappa shape index (κ2) is 13.5. The van der Waals surface area contributed by atoms with Gasteiger partial charge in [-0.3, -0.25) is 9.69 Å². The summed E-state index contributed by atoms with van der Waals surface area (Å²) in [4.78, 5) is 13.4. The van der Waals surface area contributed by atoms with Crippen molar-refractivity contribution in [3.63, 3.8) is 0 Å². The van der Waals surface area contributed by atoms with E-state index in [0.717, 1.165) is 16.7 Å². The van der Waals surface area contributed by atoms with Crippen molar-refractivity contribution in [1.82, 2.24) is 4.90 Å². The maximum absolute atomic E-state index is 13.7. The van der Waals surface area contributed by atoms with Gasteiger partial charge in [0.1, 0.15) is 41.5 Å². The molecule has 3 N–H and O–H groups in total. The molecule has 0 amide bonds. The van der Waals surface area contributed by atoms with Gasteiger partial charge in [-0.1, -0.05) is 54.6 Å². The molecular formula is C31H30F2N2O4. The minimum absolute atomic E-state index is 0.237. The maximum atomic E-state index is 13.7. The smallest absolute Gasteiger partial charge is 0.320 e. The monoisotopic (exact) mass is 532 g/mol. The van der Waals surface area contributed by atoms with Crippen LogP contribution in [-0.4, -0.2) is 28.6 Å². The third kappa shape index (κ3) is 8.36. The van der Waals surface area contributed by atoms with E-state index in [1.165, 1.54) is 24.3 Å². The summed E-state index contributed by atoms with van der Waals surface area (Å²) >= 11 is 0. The van der Waals surface area contributed by atoms with E-state index in [-0.39, 0.29) is 18.8 Å². The summed E-state index contributed by atoms with van der Waals surface area (Å²) in [6, 6.07) is 26.1. The van der Waals surface area contributed by atoms with Crippen molar-refractivity contribution in [2.75, 3.05) is 6.54 Å². The largest absolute Gasteiger partial charge is 0.489 e. The summed E-state index contributed by atoms with van der Waals surface area (Å²) in [5.41, 5.74) is 8.38. The summed E-state index contributed by atoms with van der Waals surface area (Å²) in [6.45, 7) is 1.53. The lowest BCUT2D eigenvalue weighted by Crippen LogP contribution is -2.35. The molecule has 0 aliphatic heterocycles. The second-order valence-electron chi connectivity index (χ2n) is 9.13. The van der Waals surface area contributed by atoms with Crippen LogP contribution < -0.4 is 15.2 Å². The molecule has 0 saturated heterocycles. The van der Waals surface area contributed by atoms with Crippen LogP contribution in [0, 0.1) is 11.6 Å². The van der Waals surface area contributed by atoms with Crippen LogP contribution in [-0.2, 0) is 24.5 Å². The molecule has 4 aromatic carbocycles. The molecule has 0 aliphatic carbocycles. The Bertz CT molecular complexity index is 1380. The molecule has 8 heteroatoms. The minimum Gasteiger partial charge on any atom is -0.489 e. The van der Waals surface area contributed by atoms with E-state index in [4.69, 9.17) is 15.2 Å². The lowest BCUT2D eigenvalue weighted by atomic mass is 10.1. The molecule has 0 aromatic heterocycles. The van der Waals surface area contributed by atoms with Crippen molar-refractivity contribution in [1.29, 1.82) is 0 Å². The van der Waals surface area contributed by atoms with Crippen molar-refractivity contribution in [2.24, 2.45) is 5.73 Å². The van der Waals surface area contributed by atoms with Gasteiger partial charge >= 0.3 is 5.97 Å². The molecule has 0 unspecified atom stereocenters. The number of carbonyl (C=O) groups is 1. The number of hydrogen-bond donors (Lipinski definition) is 2. The highest BCUT2D eigenvalue weighted by Crippen LogP contribution is 2.28. The molecule has 202 valence electrons. The molecule has 0 fully saturated rings. The standard InChI is InChI=1S/C31H30F2N2O4/c32-25-14-12-22(13-15-25)21-38-29-10-3-1-6-23(29)19-35(17-16-28(34)31(36)37)20-24-7-2-4-11-30(24)39-27-9-5-8-26(33)18-27/h1-15,18,28H,16-17,19-21,34H2,(H,36,37)/t28-/m0/s1. The van der Waals surface area contributed by atoms with Gasteiger partial charge in [-0.15, -0.1) is 0 Å². The number of carboxylic acid groups (broad SMARTS) is 1. The SMILES string of the molecule is N[C@@H](CCN(Cc1ccccc1OCc1ccc(F)cc1)Cc1ccccc1Oc1cccc(F)c1)C(=O)O. The quantitative estimate of drug-likeness (QED) is 0.215. The van der Waals surface area contributed by atoms with Crippen LogP contribution in [0.4, 0.5) is 8.78 Å². The van der Waals surface area contributed by atoms with E-state index in [0.29, 0.717) is 36.9 Å². The fourth-order valence-electron chi connectivity index (χ4n) is 4.05. The zero-order chi connectivity index (χ0) is 27.6. The molecule has 39 heavy (non-hydrogen) atoms. The Kier molecular flexibility index (Phi) is 9.61. The predicted octanol–water partition coefficient (Wildman–Crippen LogP) is 6.14. The highest BCUT2D eigenvalue weighted by molar-refractivity contribution is 5.73. The molecule has 0 spiro atoms. The molecule has 1 atom stereocenters. The molecule has 6 nitrogen and oxygen atoms in total. The Morgan fingerprint density at radius 1 is 0.821 bits per heavy atom. The van der Waals surface area contributed by atoms with Gasteiger partial charge in [-0.05, 0) is 48.4 Å². The van der Waals surface area contributed by atoms with E-state index < -0.39 is 17.8 Å². The van der Waals surface area contributed by atoms with Gasteiger partial charge in [0.15, 0.2) is 0 Å². The molecule has 0 saturated carbocycles. The number of nitrogens with two attached hydrogens (primary N) is 1. The number of aliphatic carboxylic acids is 1. The number of ether oxygens (including phenoxy) is 2. The maximum Gasteiger partial charge on any atom is 0.320 e. The van der Waals surface area contributed by atoms with Crippen molar-refractivity contribution < 1.29 is 28.2 Å². The van der Waals surface area contributed by atoms with Crippen molar-refractivity contribution in [3.8, 4) is 17.2 Å². The zero-order valence-electron chi connectivity index (χ0n) is 21.3. The number of hydrogen-bond acceptors (Lipinski definition) is 5. The molecule has 4 aromatic rings. The van der Waals surface area contributed by atoms with Crippen LogP contribution in [0.5, 0.6) is 17.2 Å². The van der Waals surface area contributed by atoms with Crippen LogP contribution >= 0.6 is 0 Å². The Morgan fingerprint density at radius 3 is 2.13 bits per heavy atom. The first-order valence-electron chi connectivity index (χ1n) is 12.5. The summed E-state index contributed by atoms with van der Waals surface area (Å²) in [6.07, 6.45) is 0.237. The minimum atomic E-state index is -1.06. The van der Waals surface area contributed by atoms with Crippen LogP contribution in [0.1, 0.15) is 23.1 Å². The van der Waals surface area contributed by atoms with Crippen LogP contribution in [0.3, 0.4) is 0 Å². The molecule has 0 heterocycles. The van der Waals surface area contributed by atoms with E-state index in [1.807, 2.05) is 42.5 Å². The van der Waals surface area contributed by atoms with Gasteiger partial charge in [-0.2, -0.15) is 0 Å². The fourth-order valence-corrected chi connectivity index (χ4v) is 4.05. The lowest BCUT2D eigenvalue weighted by Gasteiger charge is -2.25. The van der Waals surface area contributed by atoms with Crippen molar-refractivity contribution >= 4 is 5.97 Å². The van der Waals surface area contributed by atoms with Gasteiger partial charge in [0, 0.05) is 36.8 Å². The van der Waals surface area contributed by atoms with Gasteiger partial charge in [0.2, 0.25) is 0 Å². The number of carboxylic acids is 1. The molecule has 0 aliphatic rings. The first kappa shape index (κ1) is 27.8. The van der Waals surface area contributed by atoms with Crippen LogP contribution in [0.2, 0.25) is 0 Å². The number of benzene rings is 4. The molecular weight excluding hydrogens is 502 g/mol. The summed E-state index contributed by atoms with van der Waals surface area (Å²) in [7, 11) is 0. The number of halogens is 2. The average molecular weight is 533 g/mol. The first-order chi connectivity index (χ1) is 18.9. The van der Waals surface area contributed by atoms with Crippen LogP contribution in [0.15, 0.2) is 97.1 Å². The van der Waals surface area contributed by atoms with E-state index in [9.17, 15) is 18.7 Å². The predicted molar refractivity (Wildman–Crippen MR) is 144 cm³/mol. The van der Waals surface area contributed by atoms with Gasteiger partial charge in [-0.25, -0.2) is 8.78 Å². The third-order valence-electron chi connectivity index (χ3n) is 6.14. The van der Waals surface area contributed by atoms with Crippen LogP contribution in [0.25, 0.3) is 0 Å². The van der Waals surface area contributed by atoms with E-state index >= 15 is 0 Å². The Morgan fingerprint density at radius 2 is 1.46 bits per heavy atom. The third-order valence-corrected chi connectivity index (χ3v) is 6.14. The summed E-state index contributed by atoms with van der Waals surface area (Å²) < 4.78 is 39.0. The number of para-hydroxylation sites is 2. The average Bonchev–Trinajstić information content (AvgIpc) is 2.93. The lowest BCUT2D eigenvalue weighted by molar-refractivity contribution is -0.138. The van der Waals surface area contributed by atoms with Gasteiger partial charge < -0.3 is 20.3 Å². The molecule has 0 radical (unpaired) electrons. The number of nitrogens with zero attached hydrogens (tertiary/aromatic N) is 1. The van der Waals surface area contributed by atoms with E-state index in [1.54, 1.807) is 30.3 Å². The van der Waals surface area contributed by atoms with E-state index in [2.05, 4.69) is 4.90 Å². The Balaban J connectivity index is 1.54. The summed E-state index contributed by atoms with van der Waals surface area (Å²) in [5, 5.41) is 9.31. The number of rotatable bonds is 13. The Labute approximate surface area is 226 Å². The normalized spacial score (nSPS) is 11.8. The van der Waals surface area contributed by atoms with Gasteiger partial charge in [0.25, 0.3) is 0 Å². The topological polar surface area (TPSA) is 85.0 Å². The molecule has 0 bridgehead atoms. The van der Waals surface area contributed by atoms with Crippen molar-refractivity contribution in [3.05, 3.63) is 125 Å². The fraction of sp³-hybridized carbons (Fsp3) is 0.194.